The molecule has 0 bridgehead atoms. The normalized spacial score (nSPS) is 13.6. The Morgan fingerprint density at radius 1 is 1.10 bits per heavy atom. The van der Waals surface area contributed by atoms with E-state index in [1.807, 2.05) is 6.92 Å². The second-order valence-electron chi connectivity index (χ2n) is 6.34. The molecule has 1 aliphatic rings. The summed E-state index contributed by atoms with van der Waals surface area (Å²) in [7, 11) is 0. The molecule has 156 valence electrons. The highest BCUT2D eigenvalue weighted by molar-refractivity contribution is 6.00. The van der Waals surface area contributed by atoms with Crippen molar-refractivity contribution < 1.29 is 32.2 Å². The average molecular weight is 417 g/mol. The second kappa shape index (κ2) is 8.86. The number of alkyl halides is 3. The Morgan fingerprint density at radius 2 is 1.80 bits per heavy atom. The molecule has 1 amide bonds. The van der Waals surface area contributed by atoms with Crippen molar-refractivity contribution in [3.05, 3.63) is 77.5 Å². The fourth-order valence-corrected chi connectivity index (χ4v) is 2.73. The van der Waals surface area contributed by atoms with E-state index < -0.39 is 17.6 Å². The molecule has 0 saturated heterocycles. The first-order chi connectivity index (χ1) is 14.3. The molecule has 3 rings (SSSR count). The van der Waals surface area contributed by atoms with Gasteiger partial charge in [0.1, 0.15) is 17.2 Å². The summed E-state index contributed by atoms with van der Waals surface area (Å²) < 4.78 is 50.5. The summed E-state index contributed by atoms with van der Waals surface area (Å²) in [5, 5.41) is 2.44. The molecule has 30 heavy (non-hydrogen) atoms. The molecule has 0 aliphatic heterocycles. The molecule has 0 aromatic heterocycles. The Labute approximate surface area is 170 Å². The van der Waals surface area contributed by atoms with E-state index in [1.54, 1.807) is 30.3 Å². The third-order valence-electron chi connectivity index (χ3n) is 4.10. The molecule has 0 radical (unpaired) electrons. The van der Waals surface area contributed by atoms with Crippen molar-refractivity contribution in [2.45, 2.75) is 19.5 Å². The molecule has 5 nitrogen and oxygen atoms in total. The Kier molecular flexibility index (Phi) is 6.25. The van der Waals surface area contributed by atoms with Crippen LogP contribution in [0.25, 0.3) is 0 Å². The zero-order valence-corrected chi connectivity index (χ0v) is 16.0. The van der Waals surface area contributed by atoms with Crippen LogP contribution in [0.3, 0.4) is 0 Å². The van der Waals surface area contributed by atoms with E-state index in [4.69, 9.17) is 9.47 Å². The van der Waals surface area contributed by atoms with Gasteiger partial charge in [0.2, 0.25) is 0 Å². The molecule has 2 aromatic rings. The van der Waals surface area contributed by atoms with Crippen LogP contribution in [-0.2, 0) is 11.0 Å². The third-order valence-corrected chi connectivity index (χ3v) is 4.10. The van der Waals surface area contributed by atoms with Gasteiger partial charge in [0.15, 0.2) is 5.78 Å². The van der Waals surface area contributed by atoms with E-state index in [1.165, 1.54) is 12.2 Å². The van der Waals surface area contributed by atoms with Gasteiger partial charge < -0.3 is 14.8 Å². The molecule has 0 unspecified atom stereocenters. The number of hydrogen-bond acceptors (Lipinski definition) is 4. The third kappa shape index (κ3) is 5.28. The molecular formula is C22H18F3NO4. The van der Waals surface area contributed by atoms with E-state index >= 15 is 0 Å². The van der Waals surface area contributed by atoms with Gasteiger partial charge in [0.05, 0.1) is 17.7 Å². The van der Waals surface area contributed by atoms with E-state index in [9.17, 15) is 22.8 Å². The molecule has 0 heterocycles. The number of carbonyl (C=O) groups excluding carboxylic acids is 2. The van der Waals surface area contributed by atoms with E-state index in [2.05, 4.69) is 5.32 Å². The minimum absolute atomic E-state index is 0.0589. The Balaban J connectivity index is 1.91. The number of hydrogen-bond donors (Lipinski definition) is 1. The molecule has 0 atom stereocenters. The van der Waals surface area contributed by atoms with Gasteiger partial charge in [0.25, 0.3) is 5.91 Å². The van der Waals surface area contributed by atoms with Gasteiger partial charge in [-0.05, 0) is 55.5 Å². The number of ether oxygens (including phenoxy) is 2. The first-order valence-electron chi connectivity index (χ1n) is 9.10. The Bertz CT molecular complexity index is 1010. The lowest BCUT2D eigenvalue weighted by molar-refractivity contribution is -0.137. The van der Waals surface area contributed by atoms with Gasteiger partial charge in [-0.25, -0.2) is 0 Å². The molecule has 1 aliphatic carbocycles. The van der Waals surface area contributed by atoms with Crippen LogP contribution in [-0.4, -0.2) is 18.3 Å². The van der Waals surface area contributed by atoms with Crippen molar-refractivity contribution >= 4 is 11.7 Å². The Morgan fingerprint density at radius 3 is 2.43 bits per heavy atom. The van der Waals surface area contributed by atoms with Gasteiger partial charge >= 0.3 is 6.18 Å². The van der Waals surface area contributed by atoms with Crippen LogP contribution in [0.4, 0.5) is 13.2 Å². The fourth-order valence-electron chi connectivity index (χ4n) is 2.73. The lowest BCUT2D eigenvalue weighted by Gasteiger charge is -2.15. The smallest absolute Gasteiger partial charge is 0.416 e. The van der Waals surface area contributed by atoms with Crippen molar-refractivity contribution in [1.29, 1.82) is 0 Å². The van der Waals surface area contributed by atoms with Gasteiger partial charge in [-0.1, -0.05) is 6.08 Å². The highest BCUT2D eigenvalue weighted by Crippen LogP contribution is 2.34. The summed E-state index contributed by atoms with van der Waals surface area (Å²) in [6, 6.07) is 9.09. The van der Waals surface area contributed by atoms with Gasteiger partial charge in [-0.2, -0.15) is 13.2 Å². The largest absolute Gasteiger partial charge is 0.494 e. The lowest BCUT2D eigenvalue weighted by atomic mass is 10.1. The van der Waals surface area contributed by atoms with Crippen LogP contribution in [0.2, 0.25) is 0 Å². The molecule has 0 fully saturated rings. The number of rotatable bonds is 6. The predicted octanol–water partition coefficient (Wildman–Crippen LogP) is 5.04. The van der Waals surface area contributed by atoms with Crippen molar-refractivity contribution in [3.63, 3.8) is 0 Å². The summed E-state index contributed by atoms with van der Waals surface area (Å²) in [4.78, 5) is 24.2. The van der Waals surface area contributed by atoms with Crippen LogP contribution >= 0.6 is 0 Å². The summed E-state index contributed by atoms with van der Waals surface area (Å²) in [6.45, 7) is 2.32. The topological polar surface area (TPSA) is 64.6 Å². The quantitative estimate of drug-likeness (QED) is 0.715. The lowest BCUT2D eigenvalue weighted by Crippen LogP contribution is -2.24. The summed E-state index contributed by atoms with van der Waals surface area (Å²) in [6.07, 6.45) is -0.137. The number of halogens is 3. The minimum atomic E-state index is -4.63. The highest BCUT2D eigenvalue weighted by atomic mass is 19.4. The van der Waals surface area contributed by atoms with Gasteiger partial charge in [0, 0.05) is 18.2 Å². The first kappa shape index (κ1) is 21.2. The minimum Gasteiger partial charge on any atom is -0.494 e. The maximum absolute atomic E-state index is 13.2. The highest BCUT2D eigenvalue weighted by Gasteiger charge is 2.32. The van der Waals surface area contributed by atoms with E-state index in [-0.39, 0.29) is 29.2 Å². The SMILES string of the molecule is CCOc1ccc(Oc2ccc(C(F)(F)F)cc2C(=O)NC2=CC(=O)CC=C2)cc1. The monoisotopic (exact) mass is 417 g/mol. The van der Waals surface area contributed by atoms with E-state index in [0.29, 0.717) is 24.2 Å². The van der Waals surface area contributed by atoms with Crippen LogP contribution in [0.15, 0.2) is 66.4 Å². The molecule has 0 saturated carbocycles. The van der Waals surface area contributed by atoms with Crippen LogP contribution in [0, 0.1) is 0 Å². The second-order valence-corrected chi connectivity index (χ2v) is 6.34. The molecule has 2 aromatic carbocycles. The van der Waals surface area contributed by atoms with Crippen molar-refractivity contribution in [2.24, 2.45) is 0 Å². The van der Waals surface area contributed by atoms with Crippen molar-refractivity contribution in [3.8, 4) is 17.2 Å². The van der Waals surface area contributed by atoms with Crippen molar-refractivity contribution in [2.75, 3.05) is 6.61 Å². The first-order valence-corrected chi connectivity index (χ1v) is 9.10. The average Bonchev–Trinajstić information content (AvgIpc) is 2.69. The zero-order chi connectivity index (χ0) is 21.7. The van der Waals surface area contributed by atoms with Crippen LogP contribution in [0.5, 0.6) is 17.2 Å². The van der Waals surface area contributed by atoms with E-state index in [0.717, 1.165) is 12.1 Å². The number of nitrogens with one attached hydrogen (secondary N) is 1. The van der Waals surface area contributed by atoms with Crippen LogP contribution < -0.4 is 14.8 Å². The number of carbonyl (C=O) groups is 2. The summed E-state index contributed by atoms with van der Waals surface area (Å²) in [5.41, 5.74) is -1.11. The number of benzene rings is 2. The number of ketones is 1. The molecular weight excluding hydrogens is 399 g/mol. The fraction of sp³-hybridized carbons (Fsp3) is 0.182. The standard InChI is InChI=1S/C22H18F3NO4/c1-2-29-17-7-9-18(10-8-17)30-20-11-6-14(22(23,24)25)12-19(20)21(28)26-15-4-3-5-16(27)13-15/h3-4,6-13H,2,5H2,1H3,(H,26,28). The number of amides is 1. The molecule has 8 heteroatoms. The maximum Gasteiger partial charge on any atom is 0.416 e. The van der Waals surface area contributed by atoms with Crippen molar-refractivity contribution in [1.82, 2.24) is 5.32 Å². The van der Waals surface area contributed by atoms with Gasteiger partial charge in [-0.3, -0.25) is 9.59 Å². The van der Waals surface area contributed by atoms with Crippen LogP contribution in [0.1, 0.15) is 29.3 Å². The summed E-state index contributed by atoms with van der Waals surface area (Å²) >= 11 is 0. The maximum atomic E-state index is 13.2. The molecule has 0 spiro atoms. The molecule has 1 N–H and O–H groups in total. The van der Waals surface area contributed by atoms with Gasteiger partial charge in [-0.15, -0.1) is 0 Å². The Hall–Kier alpha value is -3.55. The summed E-state index contributed by atoms with van der Waals surface area (Å²) in [5.74, 6) is -0.179. The zero-order valence-electron chi connectivity index (χ0n) is 16.0. The number of allylic oxidation sites excluding steroid dienone is 3. The predicted molar refractivity (Wildman–Crippen MR) is 103 cm³/mol.